The fraction of sp³-hybridized carbons (Fsp3) is 0.143. The van der Waals surface area contributed by atoms with E-state index in [1.165, 1.54) is 6.08 Å². The van der Waals surface area contributed by atoms with Crippen LogP contribution in [0.2, 0.25) is 0 Å². The monoisotopic (exact) mass is 347 g/mol. The topological polar surface area (TPSA) is 67.2 Å². The minimum Gasteiger partial charge on any atom is -0.361 e. The number of rotatable bonds is 4. The molecule has 1 aromatic carbocycles. The molecule has 2 N–H and O–H groups in total. The van der Waals surface area contributed by atoms with Gasteiger partial charge >= 0.3 is 0 Å². The maximum atomic E-state index is 13.4. The third kappa shape index (κ3) is 3.21. The molecule has 5 nitrogen and oxygen atoms in total. The lowest BCUT2D eigenvalue weighted by Crippen LogP contribution is -2.29. The third-order valence-corrected chi connectivity index (χ3v) is 3.01. The van der Waals surface area contributed by atoms with Crippen molar-refractivity contribution in [1.29, 1.82) is 0 Å². The molecule has 0 unspecified atom stereocenters. The molecule has 1 aromatic heterocycles. The lowest BCUT2D eigenvalue weighted by Gasteiger charge is -2.10. The highest BCUT2D eigenvalue weighted by molar-refractivity contribution is 5.92. The van der Waals surface area contributed by atoms with Crippen LogP contribution in [0.25, 0.3) is 6.08 Å². The fourth-order valence-electron chi connectivity index (χ4n) is 1.77. The number of halogens is 5. The van der Waals surface area contributed by atoms with Crippen LogP contribution in [0, 0.1) is 42.9 Å². The van der Waals surface area contributed by atoms with Gasteiger partial charge in [-0.25, -0.2) is 22.0 Å². The molecule has 0 atom stereocenters. The fourth-order valence-corrected chi connectivity index (χ4v) is 1.77. The van der Waals surface area contributed by atoms with Crippen LogP contribution in [0.4, 0.5) is 27.6 Å². The highest BCUT2D eigenvalue weighted by atomic mass is 19.2. The molecule has 0 bridgehead atoms. The Labute approximate surface area is 132 Å². The minimum atomic E-state index is -2.29. The zero-order valence-electron chi connectivity index (χ0n) is 12.3. The van der Waals surface area contributed by atoms with Gasteiger partial charge in [-0.1, -0.05) is 5.16 Å². The quantitative estimate of drug-likeness (QED) is 0.293. The number of carbonyl (C=O) groups excluding carboxylic acids is 1. The molecular weight excluding hydrogens is 337 g/mol. The van der Waals surface area contributed by atoms with Crippen molar-refractivity contribution in [3.63, 3.8) is 0 Å². The van der Waals surface area contributed by atoms with Gasteiger partial charge in [-0.15, -0.1) is 0 Å². The van der Waals surface area contributed by atoms with Gasteiger partial charge in [0.15, 0.2) is 23.3 Å². The Morgan fingerprint density at radius 3 is 2.04 bits per heavy atom. The predicted octanol–water partition coefficient (Wildman–Crippen LogP) is 3.14. The number of aromatic nitrogens is 1. The van der Waals surface area contributed by atoms with Crippen molar-refractivity contribution in [3.8, 4) is 0 Å². The summed E-state index contributed by atoms with van der Waals surface area (Å²) in [5.41, 5.74) is 3.11. The van der Waals surface area contributed by atoms with Crippen LogP contribution in [0.1, 0.15) is 17.0 Å². The minimum absolute atomic E-state index is 0.435. The van der Waals surface area contributed by atoms with E-state index in [0.29, 0.717) is 17.0 Å². The summed E-state index contributed by atoms with van der Waals surface area (Å²) >= 11 is 0. The number of benzene rings is 1. The van der Waals surface area contributed by atoms with Gasteiger partial charge in [0.2, 0.25) is 5.82 Å². The highest BCUT2D eigenvalue weighted by Crippen LogP contribution is 2.26. The maximum absolute atomic E-state index is 13.4. The van der Waals surface area contributed by atoms with Gasteiger partial charge in [0.25, 0.3) is 5.91 Å². The summed E-state index contributed by atoms with van der Waals surface area (Å²) in [5.74, 6) is -11.2. The summed E-state index contributed by atoms with van der Waals surface area (Å²) in [6.07, 6.45) is 2.28. The van der Waals surface area contributed by atoms with E-state index in [0.717, 1.165) is 6.08 Å². The van der Waals surface area contributed by atoms with E-state index in [4.69, 9.17) is 4.52 Å². The van der Waals surface area contributed by atoms with Crippen molar-refractivity contribution in [1.82, 2.24) is 10.6 Å². The van der Waals surface area contributed by atoms with Crippen molar-refractivity contribution in [2.75, 3.05) is 5.43 Å². The molecule has 0 saturated carbocycles. The van der Waals surface area contributed by atoms with E-state index >= 15 is 0 Å². The zero-order chi connectivity index (χ0) is 18.0. The van der Waals surface area contributed by atoms with Crippen LogP contribution in [-0.4, -0.2) is 11.1 Å². The van der Waals surface area contributed by atoms with Crippen LogP contribution in [-0.2, 0) is 4.79 Å². The first-order chi connectivity index (χ1) is 11.2. The van der Waals surface area contributed by atoms with Gasteiger partial charge in [-0.2, -0.15) is 0 Å². The Balaban J connectivity index is 2.13. The summed E-state index contributed by atoms with van der Waals surface area (Å²) in [5, 5.41) is 3.65. The van der Waals surface area contributed by atoms with Crippen molar-refractivity contribution in [2.24, 2.45) is 0 Å². The number of hydrogen-bond donors (Lipinski definition) is 2. The Kier molecular flexibility index (Phi) is 4.86. The van der Waals surface area contributed by atoms with E-state index < -0.39 is 40.7 Å². The molecule has 2 rings (SSSR count). The number of amides is 1. The summed E-state index contributed by atoms with van der Waals surface area (Å²) < 4.78 is 70.5. The van der Waals surface area contributed by atoms with Crippen molar-refractivity contribution < 1.29 is 31.3 Å². The molecule has 10 heteroatoms. The number of aryl methyl sites for hydroxylation is 2. The average molecular weight is 347 g/mol. The Bertz CT molecular complexity index is 784. The highest BCUT2D eigenvalue weighted by Gasteiger charge is 2.25. The standard InChI is InChI=1S/C14H10F5N3O2/c1-5-7(6(2)24-22-5)3-4-8(23)20-21-14-12(18)10(16)9(15)11(17)13(14)19/h3-4,21H,1-2H3,(H,20,23)/b4-3+. The van der Waals surface area contributed by atoms with Gasteiger partial charge in [0, 0.05) is 11.6 Å². The van der Waals surface area contributed by atoms with Gasteiger partial charge < -0.3 is 4.52 Å². The molecule has 0 saturated heterocycles. The molecule has 1 amide bonds. The van der Waals surface area contributed by atoms with Crippen molar-refractivity contribution in [2.45, 2.75) is 13.8 Å². The largest absolute Gasteiger partial charge is 0.361 e. The Morgan fingerprint density at radius 2 is 1.54 bits per heavy atom. The molecule has 24 heavy (non-hydrogen) atoms. The molecule has 1 heterocycles. The second kappa shape index (κ2) is 6.69. The second-order valence-corrected chi connectivity index (χ2v) is 4.63. The van der Waals surface area contributed by atoms with Gasteiger partial charge in [-0.3, -0.25) is 15.6 Å². The molecule has 0 radical (unpaired) electrons. The van der Waals surface area contributed by atoms with Gasteiger partial charge in [0.1, 0.15) is 11.4 Å². The molecular formula is C14H10F5N3O2. The van der Waals surface area contributed by atoms with E-state index in [1.807, 2.05) is 0 Å². The van der Waals surface area contributed by atoms with Crippen molar-refractivity contribution >= 4 is 17.7 Å². The molecule has 2 aromatic rings. The van der Waals surface area contributed by atoms with Crippen LogP contribution in [0.3, 0.4) is 0 Å². The SMILES string of the molecule is Cc1noc(C)c1/C=C/C(=O)NNc1c(F)c(F)c(F)c(F)c1F. The normalized spacial score (nSPS) is 11.1. The molecule has 0 spiro atoms. The van der Waals surface area contributed by atoms with Crippen LogP contribution >= 0.6 is 0 Å². The molecule has 0 aliphatic carbocycles. The maximum Gasteiger partial charge on any atom is 0.262 e. The van der Waals surface area contributed by atoms with Crippen LogP contribution in [0.5, 0.6) is 0 Å². The van der Waals surface area contributed by atoms with E-state index in [2.05, 4.69) is 5.16 Å². The lowest BCUT2D eigenvalue weighted by atomic mass is 10.2. The predicted molar refractivity (Wildman–Crippen MR) is 73.0 cm³/mol. The summed E-state index contributed by atoms with van der Waals surface area (Å²) in [6.45, 7) is 3.23. The summed E-state index contributed by atoms with van der Waals surface area (Å²) in [4.78, 5) is 11.6. The van der Waals surface area contributed by atoms with Crippen LogP contribution in [0.15, 0.2) is 10.6 Å². The zero-order valence-corrected chi connectivity index (χ0v) is 12.3. The summed E-state index contributed by atoms with van der Waals surface area (Å²) in [6, 6.07) is 0. The third-order valence-electron chi connectivity index (χ3n) is 3.01. The number of nitrogens with zero attached hydrogens (tertiary/aromatic N) is 1. The van der Waals surface area contributed by atoms with E-state index in [9.17, 15) is 26.7 Å². The van der Waals surface area contributed by atoms with E-state index in [1.54, 1.807) is 24.7 Å². The first-order valence-electron chi connectivity index (χ1n) is 6.42. The molecule has 0 aliphatic rings. The van der Waals surface area contributed by atoms with Gasteiger partial charge in [0.05, 0.1) is 5.69 Å². The Morgan fingerprint density at radius 1 is 1.00 bits per heavy atom. The second-order valence-electron chi connectivity index (χ2n) is 4.63. The van der Waals surface area contributed by atoms with Crippen LogP contribution < -0.4 is 10.9 Å². The first kappa shape index (κ1) is 17.4. The molecule has 0 fully saturated rings. The number of anilines is 1. The van der Waals surface area contributed by atoms with Crippen molar-refractivity contribution in [3.05, 3.63) is 52.2 Å². The van der Waals surface area contributed by atoms with Gasteiger partial charge in [-0.05, 0) is 19.9 Å². The van der Waals surface area contributed by atoms with E-state index in [-0.39, 0.29) is 0 Å². The first-order valence-corrected chi connectivity index (χ1v) is 6.42. The number of hydrogen-bond acceptors (Lipinski definition) is 4. The number of nitrogens with one attached hydrogen (secondary N) is 2. The molecule has 128 valence electrons. The molecule has 0 aliphatic heterocycles. The number of carbonyl (C=O) groups is 1. The smallest absolute Gasteiger partial charge is 0.262 e. The average Bonchev–Trinajstić information content (AvgIpc) is 2.87. The number of hydrazine groups is 1. The Hall–Kier alpha value is -2.91. The lowest BCUT2D eigenvalue weighted by molar-refractivity contribution is -0.116. The summed E-state index contributed by atoms with van der Waals surface area (Å²) in [7, 11) is 0.